The molecule has 0 heterocycles. The van der Waals surface area contributed by atoms with Crippen molar-refractivity contribution in [2.24, 2.45) is 0 Å². The molecule has 0 aliphatic carbocycles. The lowest BCUT2D eigenvalue weighted by Gasteiger charge is -2.16. The molecule has 0 atom stereocenters. The Morgan fingerprint density at radius 3 is 1.90 bits per heavy atom. The first-order valence-corrected chi connectivity index (χ1v) is 5.61. The van der Waals surface area contributed by atoms with Crippen LogP contribution < -0.4 is 0 Å². The fraction of sp³-hybridized carbons (Fsp3) is 1.00. The van der Waals surface area contributed by atoms with Crippen LogP contribution in [0.3, 0.4) is 0 Å². The molecule has 0 saturated carbocycles. The summed E-state index contributed by atoms with van der Waals surface area (Å²) in [5.74, 6) is 0. The normalized spacial score (nSPS) is 11.9. The topological polar surface area (TPSA) is 18.5 Å². The van der Waals surface area contributed by atoms with E-state index < -0.39 is 7.59 Å². The van der Waals surface area contributed by atoms with E-state index in [1.165, 1.54) is 0 Å². The van der Waals surface area contributed by atoms with Gasteiger partial charge in [-0.05, 0) is 13.8 Å². The fourth-order valence-corrected chi connectivity index (χ4v) is 2.04. The van der Waals surface area contributed by atoms with Crippen molar-refractivity contribution < 1.29 is 9.05 Å². The zero-order valence-electron chi connectivity index (χ0n) is 6.34. The Morgan fingerprint density at radius 1 is 1.30 bits per heavy atom. The van der Waals surface area contributed by atoms with Crippen molar-refractivity contribution in [3.8, 4) is 0 Å². The summed E-state index contributed by atoms with van der Waals surface area (Å²) in [6.45, 7) is 4.84. The maximum atomic E-state index is 5.65. The Bertz CT molecular complexity index is 87.7. The summed E-state index contributed by atoms with van der Waals surface area (Å²) in [5.41, 5.74) is 0.259. The Morgan fingerprint density at radius 2 is 1.70 bits per heavy atom. The van der Waals surface area contributed by atoms with Gasteiger partial charge in [0.2, 0.25) is 7.59 Å². The van der Waals surface area contributed by atoms with E-state index >= 15 is 0 Å². The quantitative estimate of drug-likeness (QED) is 0.368. The van der Waals surface area contributed by atoms with Crippen molar-refractivity contribution in [2.45, 2.75) is 13.8 Å². The molecule has 5 heteroatoms. The molecule has 0 unspecified atom stereocenters. The highest BCUT2D eigenvalue weighted by atomic mass is 35.5. The smallest absolute Gasteiger partial charge is 0.226 e. The standard InChI is InChI=1S/C5H12BClO2P/c1-3-8-10(6,5-7)9-4-2/h3-5H2,1-2H3/q+1. The molecule has 0 bridgehead atoms. The predicted molar refractivity (Wildman–Crippen MR) is 46.6 cm³/mol. The Balaban J connectivity index is 3.69. The van der Waals surface area contributed by atoms with E-state index in [1.807, 2.05) is 13.8 Å². The van der Waals surface area contributed by atoms with E-state index in [4.69, 9.17) is 28.2 Å². The van der Waals surface area contributed by atoms with Gasteiger partial charge in [-0.1, -0.05) is 11.6 Å². The monoisotopic (exact) mass is 181 g/mol. The number of hydrogen-bond acceptors (Lipinski definition) is 2. The fourth-order valence-electron chi connectivity index (χ4n) is 0.543. The molecule has 2 nitrogen and oxygen atoms in total. The zero-order chi connectivity index (χ0) is 8.04. The van der Waals surface area contributed by atoms with Crippen LogP contribution in [-0.4, -0.2) is 26.4 Å². The zero-order valence-corrected chi connectivity index (χ0v) is 7.99. The van der Waals surface area contributed by atoms with E-state index in [9.17, 15) is 0 Å². The molecule has 0 aromatic carbocycles. The lowest BCUT2D eigenvalue weighted by Crippen LogP contribution is -2.04. The van der Waals surface area contributed by atoms with Crippen LogP contribution in [0.25, 0.3) is 0 Å². The van der Waals surface area contributed by atoms with Gasteiger partial charge in [0.25, 0.3) is 0 Å². The number of rotatable bonds is 5. The highest BCUT2D eigenvalue weighted by Crippen LogP contribution is 2.56. The lowest BCUT2D eigenvalue weighted by atomic mass is 10.8. The third-order valence-corrected chi connectivity index (χ3v) is 3.59. The van der Waals surface area contributed by atoms with Gasteiger partial charge in [-0.15, -0.1) is 0 Å². The predicted octanol–water partition coefficient (Wildman–Crippen LogP) is 2.19. The van der Waals surface area contributed by atoms with Crippen LogP contribution in [0.4, 0.5) is 0 Å². The molecule has 0 aliphatic rings. The molecule has 58 valence electrons. The molecule has 0 rings (SSSR count). The van der Waals surface area contributed by atoms with Crippen LogP contribution in [0, 0.1) is 0 Å². The minimum atomic E-state index is -2.18. The van der Waals surface area contributed by atoms with Gasteiger partial charge in [0.15, 0.2) is 5.62 Å². The van der Waals surface area contributed by atoms with Gasteiger partial charge in [-0.2, -0.15) is 0 Å². The molecular formula is C5H12BClO2P+. The van der Waals surface area contributed by atoms with Crippen LogP contribution >= 0.6 is 19.2 Å². The lowest BCUT2D eigenvalue weighted by molar-refractivity contribution is 0.265. The third-order valence-electron chi connectivity index (χ3n) is 0.862. The minimum Gasteiger partial charge on any atom is -0.226 e. The molecular weight excluding hydrogens is 169 g/mol. The first-order chi connectivity index (χ1) is 4.68. The van der Waals surface area contributed by atoms with E-state index in [1.54, 1.807) is 0 Å². The summed E-state index contributed by atoms with van der Waals surface area (Å²) in [5, 5.41) is 0. The maximum Gasteiger partial charge on any atom is 0.445 e. The summed E-state index contributed by atoms with van der Waals surface area (Å²) in [6, 6.07) is 0. The third kappa shape index (κ3) is 3.77. The Labute approximate surface area is 69.1 Å². The van der Waals surface area contributed by atoms with Crippen molar-refractivity contribution in [1.82, 2.24) is 0 Å². The van der Waals surface area contributed by atoms with Crippen molar-refractivity contribution in [2.75, 3.05) is 18.8 Å². The van der Waals surface area contributed by atoms with Gasteiger partial charge in [-0.3, -0.25) is 0 Å². The van der Waals surface area contributed by atoms with Crippen LogP contribution in [0.1, 0.15) is 13.8 Å². The van der Waals surface area contributed by atoms with Gasteiger partial charge < -0.3 is 0 Å². The van der Waals surface area contributed by atoms with Crippen LogP contribution in [-0.2, 0) is 9.05 Å². The summed E-state index contributed by atoms with van der Waals surface area (Å²) in [6.07, 6.45) is 0. The van der Waals surface area contributed by atoms with Gasteiger partial charge in [0.1, 0.15) is 0 Å². The maximum absolute atomic E-state index is 5.65. The molecule has 0 saturated heterocycles. The number of hydrogen-bond donors (Lipinski definition) is 0. The molecule has 0 amide bonds. The molecule has 0 aromatic rings. The first-order valence-electron chi connectivity index (χ1n) is 3.20. The van der Waals surface area contributed by atoms with Crippen LogP contribution in [0.5, 0.6) is 0 Å². The summed E-state index contributed by atoms with van der Waals surface area (Å²) < 4.78 is 10.3. The highest BCUT2D eigenvalue weighted by molar-refractivity contribution is 7.90. The molecule has 0 spiro atoms. The van der Waals surface area contributed by atoms with Gasteiger partial charge in [-0.25, -0.2) is 9.05 Å². The summed E-state index contributed by atoms with van der Waals surface area (Å²) in [7, 11) is 3.47. The number of alkyl halides is 1. The van der Waals surface area contributed by atoms with E-state index in [0.717, 1.165) is 0 Å². The number of halogens is 1. The van der Waals surface area contributed by atoms with Crippen molar-refractivity contribution in [3.63, 3.8) is 0 Å². The minimum absolute atomic E-state index is 0.259. The summed E-state index contributed by atoms with van der Waals surface area (Å²) >= 11 is 5.54. The summed E-state index contributed by atoms with van der Waals surface area (Å²) in [4.78, 5) is 0. The second kappa shape index (κ2) is 5.37. The largest absolute Gasteiger partial charge is 0.445 e. The van der Waals surface area contributed by atoms with Crippen molar-refractivity contribution in [3.05, 3.63) is 0 Å². The van der Waals surface area contributed by atoms with Crippen LogP contribution in [0.2, 0.25) is 0 Å². The van der Waals surface area contributed by atoms with E-state index in [2.05, 4.69) is 0 Å². The molecule has 0 N–H and O–H groups in total. The van der Waals surface area contributed by atoms with E-state index in [-0.39, 0.29) is 5.62 Å². The van der Waals surface area contributed by atoms with Gasteiger partial charge >= 0.3 is 7.57 Å². The average Bonchev–Trinajstić information content (AvgIpc) is 1.89. The second-order valence-electron chi connectivity index (χ2n) is 1.68. The SMILES string of the molecule is [B][P+](CCl)(OCC)OCC. The molecule has 0 aromatic heterocycles. The molecule has 0 aliphatic heterocycles. The second-order valence-corrected chi connectivity index (χ2v) is 4.61. The van der Waals surface area contributed by atoms with Gasteiger partial charge in [0.05, 0.1) is 13.2 Å². The van der Waals surface area contributed by atoms with E-state index in [0.29, 0.717) is 13.2 Å². The molecule has 10 heavy (non-hydrogen) atoms. The van der Waals surface area contributed by atoms with Crippen molar-refractivity contribution in [1.29, 1.82) is 0 Å². The average molecular weight is 181 g/mol. The molecule has 0 fully saturated rings. The van der Waals surface area contributed by atoms with Crippen molar-refractivity contribution >= 4 is 26.8 Å². The van der Waals surface area contributed by atoms with Crippen LogP contribution in [0.15, 0.2) is 0 Å². The first kappa shape index (κ1) is 10.7. The highest BCUT2D eigenvalue weighted by Gasteiger charge is 2.33. The Kier molecular flexibility index (Phi) is 5.75. The Hall–Kier alpha value is 0.705. The van der Waals surface area contributed by atoms with Gasteiger partial charge in [0, 0.05) is 0 Å². The molecule has 2 radical (unpaired) electrons.